The number of H-pyrrole nitrogens is 1. The molecule has 0 aliphatic carbocycles. The van der Waals surface area contributed by atoms with Crippen molar-refractivity contribution < 1.29 is 13.2 Å². The molecule has 1 aromatic carbocycles. The third-order valence-electron chi connectivity index (χ3n) is 2.95. The van der Waals surface area contributed by atoms with Crippen molar-refractivity contribution in [2.24, 2.45) is 0 Å². The van der Waals surface area contributed by atoms with E-state index in [0.717, 1.165) is 5.56 Å². The lowest BCUT2D eigenvalue weighted by Gasteiger charge is -2.15. The Labute approximate surface area is 124 Å². The van der Waals surface area contributed by atoms with Crippen molar-refractivity contribution in [1.82, 2.24) is 14.9 Å². The second-order valence-corrected chi connectivity index (χ2v) is 6.69. The number of aromatic amines is 1. The first-order chi connectivity index (χ1) is 9.88. The Morgan fingerprint density at radius 2 is 1.95 bits per heavy atom. The number of ether oxygens (including phenoxy) is 1. The van der Waals surface area contributed by atoms with Gasteiger partial charge in [-0.1, -0.05) is 17.7 Å². The van der Waals surface area contributed by atoms with E-state index in [9.17, 15) is 8.42 Å². The average Bonchev–Trinajstić information content (AvgIpc) is 2.85. The molecule has 7 heteroatoms. The van der Waals surface area contributed by atoms with E-state index in [2.05, 4.69) is 14.9 Å². The first kappa shape index (κ1) is 15.5. The van der Waals surface area contributed by atoms with E-state index in [1.54, 1.807) is 13.8 Å². The van der Waals surface area contributed by atoms with Gasteiger partial charge in [-0.3, -0.25) is 5.10 Å². The molecule has 1 aromatic heterocycles. The Morgan fingerprint density at radius 1 is 1.29 bits per heavy atom. The van der Waals surface area contributed by atoms with Crippen LogP contribution in [0.15, 0.2) is 35.4 Å². The fraction of sp³-hybridized carbons (Fsp3) is 0.357. The van der Waals surface area contributed by atoms with Crippen LogP contribution in [-0.2, 0) is 10.0 Å². The Kier molecular flexibility index (Phi) is 4.64. The summed E-state index contributed by atoms with van der Waals surface area (Å²) in [6.07, 6.45) is 1.30. The summed E-state index contributed by atoms with van der Waals surface area (Å²) in [6.45, 7) is 5.66. The molecule has 0 aliphatic rings. The van der Waals surface area contributed by atoms with E-state index in [0.29, 0.717) is 11.4 Å². The number of rotatable bonds is 6. The number of aryl methyl sites for hydroxylation is 2. The highest BCUT2D eigenvalue weighted by Gasteiger charge is 2.21. The normalized spacial score (nSPS) is 13.1. The highest BCUT2D eigenvalue weighted by atomic mass is 32.2. The van der Waals surface area contributed by atoms with Crippen molar-refractivity contribution in [1.29, 1.82) is 0 Å². The van der Waals surface area contributed by atoms with E-state index in [1.807, 2.05) is 31.2 Å². The van der Waals surface area contributed by atoms with Gasteiger partial charge in [-0.05, 0) is 32.9 Å². The molecule has 0 fully saturated rings. The molecular formula is C14H19N3O3S. The molecule has 2 N–H and O–H groups in total. The molecule has 1 atom stereocenters. The predicted octanol–water partition coefficient (Wildman–Crippen LogP) is 1.77. The van der Waals surface area contributed by atoms with Crippen molar-refractivity contribution >= 4 is 10.0 Å². The van der Waals surface area contributed by atoms with E-state index >= 15 is 0 Å². The molecule has 1 unspecified atom stereocenters. The number of nitrogens with one attached hydrogen (secondary N) is 2. The van der Waals surface area contributed by atoms with Crippen LogP contribution in [0.25, 0.3) is 0 Å². The topological polar surface area (TPSA) is 84.1 Å². The molecule has 2 rings (SSSR count). The maximum Gasteiger partial charge on any atom is 0.244 e. The van der Waals surface area contributed by atoms with E-state index in [4.69, 9.17) is 4.74 Å². The van der Waals surface area contributed by atoms with Gasteiger partial charge in [0, 0.05) is 0 Å². The Bertz CT molecular complexity index is 693. The van der Waals surface area contributed by atoms with Crippen molar-refractivity contribution in [3.8, 4) is 5.75 Å². The molecule has 0 saturated carbocycles. The minimum absolute atomic E-state index is 0.157. The van der Waals surface area contributed by atoms with Gasteiger partial charge in [0.25, 0.3) is 0 Å². The van der Waals surface area contributed by atoms with Crippen LogP contribution in [0.3, 0.4) is 0 Å². The Balaban J connectivity index is 1.94. The average molecular weight is 309 g/mol. The van der Waals surface area contributed by atoms with Gasteiger partial charge in [-0.25, -0.2) is 13.1 Å². The van der Waals surface area contributed by atoms with Gasteiger partial charge in [0.15, 0.2) is 0 Å². The zero-order valence-electron chi connectivity index (χ0n) is 12.3. The van der Waals surface area contributed by atoms with Gasteiger partial charge >= 0.3 is 0 Å². The molecular weight excluding hydrogens is 290 g/mol. The fourth-order valence-corrected chi connectivity index (χ4v) is 3.19. The smallest absolute Gasteiger partial charge is 0.244 e. The van der Waals surface area contributed by atoms with Crippen molar-refractivity contribution in [3.05, 3.63) is 41.7 Å². The molecule has 0 spiro atoms. The molecule has 21 heavy (non-hydrogen) atoms. The molecule has 6 nitrogen and oxygen atoms in total. The summed E-state index contributed by atoms with van der Waals surface area (Å²) in [7, 11) is -3.58. The number of aromatic nitrogens is 2. The number of hydrogen-bond donors (Lipinski definition) is 2. The summed E-state index contributed by atoms with van der Waals surface area (Å²) >= 11 is 0. The SMILES string of the molecule is Cc1ccc(OCC(C)NS(=O)(=O)c2cn[nH]c2C)cc1. The van der Waals surface area contributed by atoms with Crippen LogP contribution in [0.5, 0.6) is 5.75 Å². The molecule has 1 heterocycles. The quantitative estimate of drug-likeness (QED) is 0.852. The van der Waals surface area contributed by atoms with Gasteiger partial charge < -0.3 is 4.74 Å². The minimum atomic E-state index is -3.58. The van der Waals surface area contributed by atoms with Crippen LogP contribution in [-0.4, -0.2) is 31.3 Å². The molecule has 0 aliphatic heterocycles. The van der Waals surface area contributed by atoms with E-state index in [1.165, 1.54) is 6.20 Å². The second-order valence-electron chi connectivity index (χ2n) is 5.01. The first-order valence-corrected chi connectivity index (χ1v) is 8.08. The summed E-state index contributed by atoms with van der Waals surface area (Å²) in [4.78, 5) is 0.157. The minimum Gasteiger partial charge on any atom is -0.492 e. The lowest BCUT2D eigenvalue weighted by atomic mass is 10.2. The third kappa shape index (κ3) is 4.05. The van der Waals surface area contributed by atoms with Gasteiger partial charge in [0.05, 0.1) is 17.9 Å². The molecule has 0 radical (unpaired) electrons. The lowest BCUT2D eigenvalue weighted by molar-refractivity contribution is 0.287. The number of hydrogen-bond acceptors (Lipinski definition) is 4. The maximum atomic E-state index is 12.2. The zero-order valence-corrected chi connectivity index (χ0v) is 13.1. The highest BCUT2D eigenvalue weighted by molar-refractivity contribution is 7.89. The van der Waals surface area contributed by atoms with Gasteiger partial charge in [-0.15, -0.1) is 0 Å². The highest BCUT2D eigenvalue weighted by Crippen LogP contribution is 2.13. The van der Waals surface area contributed by atoms with Crippen LogP contribution in [0.2, 0.25) is 0 Å². The maximum absolute atomic E-state index is 12.2. The van der Waals surface area contributed by atoms with Crippen LogP contribution < -0.4 is 9.46 Å². The molecule has 2 aromatic rings. The van der Waals surface area contributed by atoms with Crippen LogP contribution >= 0.6 is 0 Å². The molecule has 114 valence electrons. The van der Waals surface area contributed by atoms with Crippen LogP contribution in [0.4, 0.5) is 0 Å². The standard InChI is InChI=1S/C14H19N3O3S/c1-10-4-6-13(7-5-10)20-9-11(2)17-21(18,19)14-8-15-16-12(14)3/h4-8,11,17H,9H2,1-3H3,(H,15,16). The van der Waals surface area contributed by atoms with Crippen molar-refractivity contribution in [3.63, 3.8) is 0 Å². The van der Waals surface area contributed by atoms with E-state index in [-0.39, 0.29) is 17.5 Å². The molecule has 0 amide bonds. The van der Waals surface area contributed by atoms with Gasteiger partial charge in [0.2, 0.25) is 10.0 Å². The lowest BCUT2D eigenvalue weighted by Crippen LogP contribution is -2.36. The van der Waals surface area contributed by atoms with E-state index < -0.39 is 10.0 Å². The number of nitrogens with zero attached hydrogens (tertiary/aromatic N) is 1. The Hall–Kier alpha value is -1.86. The Morgan fingerprint density at radius 3 is 2.52 bits per heavy atom. The zero-order chi connectivity index (χ0) is 15.5. The second kappa shape index (κ2) is 6.28. The predicted molar refractivity (Wildman–Crippen MR) is 79.8 cm³/mol. The largest absolute Gasteiger partial charge is 0.492 e. The summed E-state index contributed by atoms with van der Waals surface area (Å²) in [6, 6.07) is 7.25. The third-order valence-corrected chi connectivity index (χ3v) is 4.65. The molecule has 0 bridgehead atoms. The number of benzene rings is 1. The van der Waals surface area contributed by atoms with Crippen LogP contribution in [0.1, 0.15) is 18.2 Å². The molecule has 0 saturated heterocycles. The fourth-order valence-electron chi connectivity index (χ4n) is 1.83. The monoisotopic (exact) mass is 309 g/mol. The summed E-state index contributed by atoms with van der Waals surface area (Å²) < 4.78 is 32.4. The first-order valence-electron chi connectivity index (χ1n) is 6.60. The summed E-state index contributed by atoms with van der Waals surface area (Å²) in [5, 5.41) is 6.33. The van der Waals surface area contributed by atoms with Gasteiger partial charge in [0.1, 0.15) is 17.3 Å². The van der Waals surface area contributed by atoms with Gasteiger partial charge in [-0.2, -0.15) is 5.10 Å². The van der Waals surface area contributed by atoms with Crippen LogP contribution in [0, 0.1) is 13.8 Å². The van der Waals surface area contributed by atoms with Crippen molar-refractivity contribution in [2.45, 2.75) is 31.7 Å². The summed E-state index contributed by atoms with van der Waals surface area (Å²) in [5.74, 6) is 0.714. The summed E-state index contributed by atoms with van der Waals surface area (Å²) in [5.41, 5.74) is 1.65. The number of sulfonamides is 1. The van der Waals surface area contributed by atoms with Crippen molar-refractivity contribution in [2.75, 3.05) is 6.61 Å².